The van der Waals surface area contributed by atoms with Crippen LogP contribution in [0, 0.1) is 0 Å². The average molecular weight is 188 g/mol. The first-order valence-electron chi connectivity index (χ1n) is 2.62. The van der Waals surface area contributed by atoms with Gasteiger partial charge in [0, 0.05) is 0 Å². The van der Waals surface area contributed by atoms with Gasteiger partial charge in [0.25, 0.3) is 0 Å². The summed E-state index contributed by atoms with van der Waals surface area (Å²) in [6.07, 6.45) is -5.83. The molecule has 0 aliphatic rings. The summed E-state index contributed by atoms with van der Waals surface area (Å²) in [5, 5.41) is 8.14. The van der Waals surface area contributed by atoms with Crippen molar-refractivity contribution in [2.45, 2.75) is 12.1 Å². The minimum absolute atomic E-state index is 1.49. The van der Waals surface area contributed by atoms with E-state index in [2.05, 4.69) is 0 Å². The van der Waals surface area contributed by atoms with E-state index in [1.54, 1.807) is 0 Å². The number of hydrogen-bond acceptors (Lipinski definition) is 2. The van der Waals surface area contributed by atoms with Crippen molar-refractivity contribution in [2.24, 2.45) is 0 Å². The molecule has 0 aromatic heterocycles. The minimum atomic E-state index is -5.83. The first-order chi connectivity index (χ1) is 5.19. The number of rotatable bonds is 1. The van der Waals surface area contributed by atoms with Gasteiger partial charge in [-0.25, -0.2) is 0 Å². The molecule has 12 heavy (non-hydrogen) atoms. The highest BCUT2D eigenvalue weighted by molar-refractivity contribution is 5.49. The van der Waals surface area contributed by atoms with Gasteiger partial charge < -0.3 is 5.11 Å². The molecule has 0 bridgehead atoms. The number of alkyl halides is 5. The van der Waals surface area contributed by atoms with Gasteiger partial charge in [0.2, 0.25) is 5.43 Å². The van der Waals surface area contributed by atoms with Gasteiger partial charge in [0.05, 0.1) is 0 Å². The topological polar surface area (TPSA) is 37.3 Å². The maximum absolute atomic E-state index is 12.1. The van der Waals surface area contributed by atoms with Crippen molar-refractivity contribution < 1.29 is 27.1 Å². The molecule has 0 unspecified atom stereocenters. The van der Waals surface area contributed by atoms with E-state index in [9.17, 15) is 26.7 Å². The fraction of sp³-hybridized carbons (Fsp3) is 0.400. The lowest BCUT2D eigenvalue weighted by Gasteiger charge is -2.14. The maximum atomic E-state index is 12.1. The zero-order valence-corrected chi connectivity index (χ0v) is 5.25. The van der Waals surface area contributed by atoms with Crippen molar-refractivity contribution in [3.63, 3.8) is 0 Å². The van der Waals surface area contributed by atoms with Crippen molar-refractivity contribution >= 4 is 0 Å². The molecular formula is C5HF5O2. The van der Waals surface area contributed by atoms with Crippen LogP contribution in [0.3, 0.4) is 0 Å². The third-order valence-corrected chi connectivity index (χ3v) is 1.29. The Balaban J connectivity index is 3.04. The van der Waals surface area contributed by atoms with E-state index in [0.717, 1.165) is 0 Å². The predicted octanol–water partition coefficient (Wildman–Crippen LogP) is 1.28. The molecule has 1 aromatic rings. The molecule has 0 heterocycles. The van der Waals surface area contributed by atoms with Crippen molar-refractivity contribution in [3.8, 4) is 5.75 Å². The number of hydrogen-bond donors (Lipinski definition) is 1. The molecule has 7 heteroatoms. The molecule has 0 aliphatic carbocycles. The Morgan fingerprint density at radius 2 is 1.42 bits per heavy atom. The smallest absolute Gasteiger partial charge is 0.458 e. The van der Waals surface area contributed by atoms with Crippen LogP contribution < -0.4 is 5.43 Å². The zero-order valence-electron chi connectivity index (χ0n) is 5.25. The summed E-state index contributed by atoms with van der Waals surface area (Å²) < 4.78 is 58.4. The van der Waals surface area contributed by atoms with Crippen molar-refractivity contribution in [3.05, 3.63) is 15.8 Å². The highest BCUT2D eigenvalue weighted by Crippen LogP contribution is 2.47. The van der Waals surface area contributed by atoms with Crippen molar-refractivity contribution in [1.82, 2.24) is 0 Å². The van der Waals surface area contributed by atoms with Crippen LogP contribution >= 0.6 is 0 Å². The second-order valence-electron chi connectivity index (χ2n) is 2.12. The van der Waals surface area contributed by atoms with Gasteiger partial charge in [-0.1, -0.05) is 0 Å². The highest BCUT2D eigenvalue weighted by Gasteiger charge is 2.64. The van der Waals surface area contributed by atoms with E-state index in [-0.39, 0.29) is 0 Å². The monoisotopic (exact) mass is 188 g/mol. The lowest BCUT2D eigenvalue weighted by atomic mass is 10.3. The van der Waals surface area contributed by atoms with Crippen LogP contribution in [0.2, 0.25) is 0 Å². The van der Waals surface area contributed by atoms with Gasteiger partial charge in [-0.05, 0) is 0 Å². The molecule has 0 atom stereocenters. The number of halogens is 5. The largest absolute Gasteiger partial charge is 0.504 e. The van der Waals surface area contributed by atoms with E-state index in [1.807, 2.05) is 0 Å². The molecule has 0 radical (unpaired) electrons. The van der Waals surface area contributed by atoms with Crippen LogP contribution in [0.5, 0.6) is 5.75 Å². The third kappa shape index (κ3) is 0.961. The predicted molar refractivity (Wildman–Crippen MR) is 26.7 cm³/mol. The lowest BCUT2D eigenvalue weighted by molar-refractivity contribution is -0.288. The van der Waals surface area contributed by atoms with E-state index in [0.29, 0.717) is 0 Å². The SMILES string of the molecule is O=c1c(O)c1C(F)(F)C(F)(F)F. The fourth-order valence-corrected chi connectivity index (χ4v) is 0.594. The van der Waals surface area contributed by atoms with Crippen LogP contribution in [0.1, 0.15) is 5.56 Å². The fourth-order valence-electron chi connectivity index (χ4n) is 0.594. The van der Waals surface area contributed by atoms with Gasteiger partial charge in [0.15, 0.2) is 5.75 Å². The highest BCUT2D eigenvalue weighted by atomic mass is 19.4. The van der Waals surface area contributed by atoms with Crippen LogP contribution in [0.25, 0.3) is 0 Å². The van der Waals surface area contributed by atoms with Gasteiger partial charge in [0.1, 0.15) is 5.56 Å². The Hall–Kier alpha value is -1.14. The minimum Gasteiger partial charge on any atom is -0.504 e. The Kier molecular flexibility index (Phi) is 1.46. The quantitative estimate of drug-likeness (QED) is 0.674. The van der Waals surface area contributed by atoms with E-state index >= 15 is 0 Å². The van der Waals surface area contributed by atoms with Crippen LogP contribution in [0.15, 0.2) is 4.79 Å². The summed E-state index contributed by atoms with van der Waals surface area (Å²) in [5.41, 5.74) is -3.48. The standard InChI is InChI=1S/C5HF5O2/c6-4(7,5(8,9)10)1-2(11)3(1)12/h11H. The molecule has 0 saturated carbocycles. The molecule has 68 valence electrons. The Bertz CT molecular complexity index is 316. The molecular weight excluding hydrogens is 187 g/mol. The van der Waals surface area contributed by atoms with Gasteiger partial charge >= 0.3 is 12.1 Å². The second-order valence-corrected chi connectivity index (χ2v) is 2.12. The molecule has 0 aliphatic heterocycles. The summed E-state index contributed by atoms with van der Waals surface area (Å²) >= 11 is 0. The molecule has 1 aromatic carbocycles. The van der Waals surface area contributed by atoms with E-state index in [4.69, 9.17) is 5.11 Å². The Morgan fingerprint density at radius 3 is 1.50 bits per heavy atom. The molecule has 1 N–H and O–H groups in total. The summed E-state index contributed by atoms with van der Waals surface area (Å²) in [5.74, 6) is -6.72. The average Bonchev–Trinajstić information content (AvgIpc) is 2.38. The van der Waals surface area contributed by atoms with Crippen LogP contribution in [0.4, 0.5) is 22.0 Å². The molecule has 0 fully saturated rings. The molecule has 0 saturated heterocycles. The Labute approximate surface area is 61.9 Å². The van der Waals surface area contributed by atoms with Gasteiger partial charge in [-0.2, -0.15) is 22.0 Å². The van der Waals surface area contributed by atoms with E-state index in [1.165, 1.54) is 0 Å². The summed E-state index contributed by atoms with van der Waals surface area (Å²) in [6, 6.07) is 0. The van der Waals surface area contributed by atoms with Crippen LogP contribution in [-0.2, 0) is 5.92 Å². The normalized spacial score (nSPS) is 14.1. The second kappa shape index (κ2) is 1.96. The Morgan fingerprint density at radius 1 is 1.08 bits per heavy atom. The first-order valence-corrected chi connectivity index (χ1v) is 2.62. The van der Waals surface area contributed by atoms with Gasteiger partial charge in [-0.15, -0.1) is 0 Å². The molecule has 0 spiro atoms. The number of aromatic hydroxyl groups is 1. The molecule has 2 nitrogen and oxygen atoms in total. The van der Waals surface area contributed by atoms with Crippen LogP contribution in [-0.4, -0.2) is 11.3 Å². The summed E-state index contributed by atoms with van der Waals surface area (Å²) in [4.78, 5) is 10.0. The van der Waals surface area contributed by atoms with Crippen molar-refractivity contribution in [2.75, 3.05) is 0 Å². The van der Waals surface area contributed by atoms with Crippen molar-refractivity contribution in [1.29, 1.82) is 0 Å². The molecule has 0 amide bonds. The lowest BCUT2D eigenvalue weighted by Crippen LogP contribution is -2.32. The summed E-state index contributed by atoms with van der Waals surface area (Å²) in [6.45, 7) is 0. The maximum Gasteiger partial charge on any atom is 0.458 e. The summed E-state index contributed by atoms with van der Waals surface area (Å²) in [7, 11) is 0. The molecule has 1 rings (SSSR count). The van der Waals surface area contributed by atoms with Gasteiger partial charge in [-0.3, -0.25) is 4.79 Å². The van der Waals surface area contributed by atoms with E-state index < -0.39 is 28.8 Å². The zero-order chi connectivity index (χ0) is 9.73. The third-order valence-electron chi connectivity index (χ3n) is 1.29. The first kappa shape index (κ1) is 8.95.